The minimum Gasteiger partial charge on any atom is -0.465 e. The lowest BCUT2D eigenvalue weighted by Crippen LogP contribution is -2.46. The van der Waals surface area contributed by atoms with Crippen molar-refractivity contribution in [2.24, 2.45) is 0 Å². The minimum absolute atomic E-state index is 0.129. The van der Waals surface area contributed by atoms with Gasteiger partial charge in [-0.1, -0.05) is 0 Å². The number of carbonyl (C=O) groups excluding carboxylic acids is 1. The third-order valence-corrected chi connectivity index (χ3v) is 2.61. The third kappa shape index (κ3) is 3.25. The van der Waals surface area contributed by atoms with Gasteiger partial charge in [0.05, 0.1) is 6.04 Å². The second kappa shape index (κ2) is 5.53. The van der Waals surface area contributed by atoms with Crippen LogP contribution in [0.15, 0.2) is 12.3 Å². The Labute approximate surface area is 95.3 Å². The topological polar surface area (TPSA) is 60.9 Å². The summed E-state index contributed by atoms with van der Waals surface area (Å²) in [6.45, 7) is 0.460. The highest BCUT2D eigenvalue weighted by Crippen LogP contribution is 2.18. The average Bonchev–Trinajstić information content (AvgIpc) is 2.25. The maximum absolute atomic E-state index is 11.8. The van der Waals surface area contributed by atoms with Gasteiger partial charge in [-0.3, -0.25) is 9.69 Å². The number of amides is 1. The maximum atomic E-state index is 11.8. The summed E-state index contributed by atoms with van der Waals surface area (Å²) in [5.74, 6) is -0.129. The van der Waals surface area contributed by atoms with E-state index >= 15 is 0 Å². The van der Waals surface area contributed by atoms with Crippen molar-refractivity contribution in [1.29, 1.82) is 0 Å². The molecule has 0 aromatic heterocycles. The molecule has 1 N–H and O–H groups in total. The molecule has 0 aromatic carbocycles. The summed E-state index contributed by atoms with van der Waals surface area (Å²) in [4.78, 5) is 25.7. The quantitative estimate of drug-likeness (QED) is 0.734. The molecule has 0 spiro atoms. The minimum atomic E-state index is -1.00. The molecule has 16 heavy (non-hydrogen) atoms. The molecule has 0 radical (unpaired) electrons. The van der Waals surface area contributed by atoms with E-state index in [4.69, 9.17) is 5.11 Å². The van der Waals surface area contributed by atoms with Crippen LogP contribution in [-0.2, 0) is 4.79 Å². The Morgan fingerprint density at radius 3 is 2.62 bits per heavy atom. The van der Waals surface area contributed by atoms with Crippen LogP contribution in [0.1, 0.15) is 19.3 Å². The van der Waals surface area contributed by atoms with Gasteiger partial charge in [-0.2, -0.15) is 0 Å². The number of carbonyl (C=O) groups is 2. The van der Waals surface area contributed by atoms with Crippen LogP contribution < -0.4 is 0 Å². The first kappa shape index (κ1) is 12.5. The van der Waals surface area contributed by atoms with Gasteiger partial charge in [-0.25, -0.2) is 4.79 Å². The summed E-state index contributed by atoms with van der Waals surface area (Å²) in [7, 11) is 3.64. The molecule has 0 aromatic rings. The van der Waals surface area contributed by atoms with Crippen LogP contribution in [-0.4, -0.2) is 53.5 Å². The largest absolute Gasteiger partial charge is 0.465 e. The SMILES string of the molecule is CN(C)C=CC(=O)C1CCCCN1C(=O)O. The number of likely N-dealkylation sites (tertiary alicyclic amines) is 1. The van der Waals surface area contributed by atoms with Gasteiger partial charge in [-0.15, -0.1) is 0 Å². The molecule has 1 rings (SSSR count). The van der Waals surface area contributed by atoms with Gasteiger partial charge in [0, 0.05) is 26.8 Å². The van der Waals surface area contributed by atoms with Crippen molar-refractivity contribution in [3.63, 3.8) is 0 Å². The van der Waals surface area contributed by atoms with E-state index in [1.54, 1.807) is 11.1 Å². The fraction of sp³-hybridized carbons (Fsp3) is 0.636. The van der Waals surface area contributed by atoms with Gasteiger partial charge >= 0.3 is 6.09 Å². The molecule has 0 aliphatic carbocycles. The molecule has 1 saturated heterocycles. The van der Waals surface area contributed by atoms with E-state index in [0.29, 0.717) is 13.0 Å². The van der Waals surface area contributed by atoms with Crippen molar-refractivity contribution in [1.82, 2.24) is 9.80 Å². The summed E-state index contributed by atoms with van der Waals surface area (Å²) in [6.07, 6.45) is 4.48. The van der Waals surface area contributed by atoms with Crippen LogP contribution >= 0.6 is 0 Å². The molecule has 1 unspecified atom stereocenters. The molecule has 1 fully saturated rings. The molecule has 0 bridgehead atoms. The molecule has 1 aliphatic heterocycles. The molecule has 90 valence electrons. The predicted molar refractivity (Wildman–Crippen MR) is 60.2 cm³/mol. The Hall–Kier alpha value is -1.52. The first-order valence-corrected chi connectivity index (χ1v) is 5.40. The highest BCUT2D eigenvalue weighted by atomic mass is 16.4. The zero-order valence-electron chi connectivity index (χ0n) is 9.72. The summed E-state index contributed by atoms with van der Waals surface area (Å²) in [6, 6.07) is -0.498. The molecular formula is C11H18N2O3. The highest BCUT2D eigenvalue weighted by molar-refractivity contribution is 5.96. The number of nitrogens with zero attached hydrogens (tertiary/aromatic N) is 2. The second-order valence-electron chi connectivity index (χ2n) is 4.17. The number of ketones is 1. The highest BCUT2D eigenvalue weighted by Gasteiger charge is 2.30. The fourth-order valence-electron chi connectivity index (χ4n) is 1.79. The lowest BCUT2D eigenvalue weighted by molar-refractivity contribution is -0.120. The summed E-state index contributed by atoms with van der Waals surface area (Å²) >= 11 is 0. The van der Waals surface area contributed by atoms with Crippen LogP contribution in [0.25, 0.3) is 0 Å². The Morgan fingerprint density at radius 1 is 1.38 bits per heavy atom. The van der Waals surface area contributed by atoms with Gasteiger partial charge in [0.1, 0.15) is 0 Å². The molecular weight excluding hydrogens is 208 g/mol. The Kier molecular flexibility index (Phi) is 4.34. The van der Waals surface area contributed by atoms with Crippen LogP contribution in [0.3, 0.4) is 0 Å². The molecule has 1 heterocycles. The van der Waals surface area contributed by atoms with Crippen LogP contribution in [0.5, 0.6) is 0 Å². The zero-order chi connectivity index (χ0) is 12.1. The predicted octanol–water partition coefficient (Wildman–Crippen LogP) is 1.16. The average molecular weight is 226 g/mol. The summed E-state index contributed by atoms with van der Waals surface area (Å²) in [5, 5.41) is 8.97. The Bertz CT molecular complexity index is 300. The Morgan fingerprint density at radius 2 is 2.06 bits per heavy atom. The molecule has 1 atom stereocenters. The number of piperidine rings is 1. The maximum Gasteiger partial charge on any atom is 0.407 e. The normalized spacial score (nSPS) is 21.1. The number of rotatable bonds is 3. The van der Waals surface area contributed by atoms with E-state index in [2.05, 4.69) is 0 Å². The van der Waals surface area contributed by atoms with E-state index in [9.17, 15) is 9.59 Å². The van der Waals surface area contributed by atoms with E-state index < -0.39 is 12.1 Å². The zero-order valence-corrected chi connectivity index (χ0v) is 9.72. The van der Waals surface area contributed by atoms with Crippen molar-refractivity contribution in [3.05, 3.63) is 12.3 Å². The van der Waals surface area contributed by atoms with Crippen molar-refractivity contribution >= 4 is 11.9 Å². The van der Waals surface area contributed by atoms with Crippen molar-refractivity contribution in [2.75, 3.05) is 20.6 Å². The van der Waals surface area contributed by atoms with E-state index in [1.165, 1.54) is 11.0 Å². The molecule has 5 nitrogen and oxygen atoms in total. The first-order chi connectivity index (χ1) is 7.52. The molecule has 1 amide bonds. The van der Waals surface area contributed by atoms with E-state index in [1.807, 2.05) is 14.1 Å². The van der Waals surface area contributed by atoms with Gasteiger partial charge in [0.2, 0.25) is 0 Å². The monoisotopic (exact) mass is 226 g/mol. The molecule has 5 heteroatoms. The molecule has 0 saturated carbocycles. The fourth-order valence-corrected chi connectivity index (χ4v) is 1.79. The second-order valence-corrected chi connectivity index (χ2v) is 4.17. The van der Waals surface area contributed by atoms with Gasteiger partial charge in [0.25, 0.3) is 0 Å². The standard InChI is InChI=1S/C11H18N2O3/c1-12(2)8-6-10(14)9-5-3-4-7-13(9)11(15)16/h6,8-9H,3-5,7H2,1-2H3,(H,15,16). The lowest BCUT2D eigenvalue weighted by atomic mass is 9.99. The van der Waals surface area contributed by atoms with Crippen molar-refractivity contribution < 1.29 is 14.7 Å². The van der Waals surface area contributed by atoms with Gasteiger partial charge < -0.3 is 10.0 Å². The smallest absolute Gasteiger partial charge is 0.407 e. The van der Waals surface area contributed by atoms with Crippen LogP contribution in [0.2, 0.25) is 0 Å². The van der Waals surface area contributed by atoms with E-state index in [-0.39, 0.29) is 5.78 Å². The number of carboxylic acid groups (broad SMARTS) is 1. The van der Waals surface area contributed by atoms with Crippen molar-refractivity contribution in [2.45, 2.75) is 25.3 Å². The first-order valence-electron chi connectivity index (χ1n) is 5.40. The van der Waals surface area contributed by atoms with Gasteiger partial charge in [0.15, 0.2) is 5.78 Å². The van der Waals surface area contributed by atoms with Crippen LogP contribution in [0.4, 0.5) is 4.79 Å². The number of hydrogen-bond acceptors (Lipinski definition) is 3. The lowest BCUT2D eigenvalue weighted by Gasteiger charge is -2.31. The Balaban J connectivity index is 2.68. The molecule has 1 aliphatic rings. The van der Waals surface area contributed by atoms with Crippen LogP contribution in [0, 0.1) is 0 Å². The van der Waals surface area contributed by atoms with E-state index in [0.717, 1.165) is 12.8 Å². The number of hydrogen-bond donors (Lipinski definition) is 1. The summed E-state index contributed by atoms with van der Waals surface area (Å²) in [5.41, 5.74) is 0. The van der Waals surface area contributed by atoms with Gasteiger partial charge in [-0.05, 0) is 25.3 Å². The third-order valence-electron chi connectivity index (χ3n) is 2.61. The summed E-state index contributed by atoms with van der Waals surface area (Å²) < 4.78 is 0. The van der Waals surface area contributed by atoms with Crippen molar-refractivity contribution in [3.8, 4) is 0 Å².